The van der Waals surface area contributed by atoms with E-state index in [0.29, 0.717) is 38.2 Å². The number of carbonyl (C=O) groups excluding carboxylic acids is 2. The standard InChI is InChI=1S/C26H33N5O3S/c1-3-30-25(22-12-9-16-34-22)27-28-26(30)35-17-8-7-13-23(32)29-14-15-31(20(2)19-29)24(33)18-21-10-5-4-6-11-21/h4-6,9-12,16,20H,3,7-8,13-15,17-19H2,1-2H3. The molecule has 1 saturated heterocycles. The lowest BCUT2D eigenvalue weighted by atomic mass is 10.1. The zero-order chi connectivity index (χ0) is 24.6. The van der Waals surface area contributed by atoms with Crippen molar-refractivity contribution >= 4 is 23.6 Å². The van der Waals surface area contributed by atoms with Gasteiger partial charge in [-0.1, -0.05) is 42.1 Å². The van der Waals surface area contributed by atoms with Gasteiger partial charge in [0.1, 0.15) is 0 Å². The number of hydrogen-bond acceptors (Lipinski definition) is 6. The predicted molar refractivity (Wildman–Crippen MR) is 136 cm³/mol. The fourth-order valence-corrected chi connectivity index (χ4v) is 5.40. The van der Waals surface area contributed by atoms with Crippen LogP contribution < -0.4 is 0 Å². The van der Waals surface area contributed by atoms with Gasteiger partial charge in [-0.25, -0.2) is 0 Å². The number of piperazine rings is 1. The Bertz CT molecular complexity index is 1100. The van der Waals surface area contributed by atoms with E-state index in [1.54, 1.807) is 18.0 Å². The first-order valence-electron chi connectivity index (χ1n) is 12.3. The van der Waals surface area contributed by atoms with E-state index in [2.05, 4.69) is 21.7 Å². The van der Waals surface area contributed by atoms with E-state index in [9.17, 15) is 9.59 Å². The van der Waals surface area contributed by atoms with Gasteiger partial charge in [-0.2, -0.15) is 0 Å². The molecule has 1 unspecified atom stereocenters. The minimum atomic E-state index is 0.0308. The molecule has 1 atom stereocenters. The van der Waals surface area contributed by atoms with E-state index in [1.807, 2.05) is 59.2 Å². The maximum absolute atomic E-state index is 12.8. The molecule has 0 bridgehead atoms. The Morgan fingerprint density at radius 3 is 2.60 bits per heavy atom. The number of furan rings is 1. The van der Waals surface area contributed by atoms with Gasteiger partial charge >= 0.3 is 0 Å². The van der Waals surface area contributed by atoms with Crippen molar-refractivity contribution in [3.63, 3.8) is 0 Å². The number of unbranched alkanes of at least 4 members (excludes halogenated alkanes) is 1. The molecule has 0 saturated carbocycles. The summed E-state index contributed by atoms with van der Waals surface area (Å²) in [5, 5.41) is 9.46. The second kappa shape index (κ2) is 12.1. The molecule has 0 radical (unpaired) electrons. The van der Waals surface area contributed by atoms with Crippen LogP contribution in [0.15, 0.2) is 58.3 Å². The van der Waals surface area contributed by atoms with Crippen LogP contribution in [0.4, 0.5) is 0 Å². The topological polar surface area (TPSA) is 84.5 Å². The van der Waals surface area contributed by atoms with Crippen LogP contribution >= 0.6 is 11.8 Å². The molecule has 4 rings (SSSR count). The van der Waals surface area contributed by atoms with E-state index in [4.69, 9.17) is 4.42 Å². The summed E-state index contributed by atoms with van der Waals surface area (Å²) in [6, 6.07) is 13.6. The summed E-state index contributed by atoms with van der Waals surface area (Å²) in [5.74, 6) is 2.64. The number of carbonyl (C=O) groups is 2. The SMILES string of the molecule is CCn1c(SCCCCC(=O)N2CCN(C(=O)Cc3ccccc3)C(C)C2)nnc1-c1ccco1. The van der Waals surface area contributed by atoms with Crippen molar-refractivity contribution in [2.45, 2.75) is 57.3 Å². The molecule has 2 amide bonds. The number of aromatic nitrogens is 3. The lowest BCUT2D eigenvalue weighted by molar-refractivity contribution is -0.142. The van der Waals surface area contributed by atoms with E-state index in [-0.39, 0.29) is 17.9 Å². The van der Waals surface area contributed by atoms with Gasteiger partial charge < -0.3 is 14.2 Å². The molecule has 1 fully saturated rings. The first kappa shape index (κ1) is 25.0. The van der Waals surface area contributed by atoms with Crippen LogP contribution in [0.1, 0.15) is 38.7 Å². The third-order valence-corrected chi connectivity index (χ3v) is 7.34. The molecule has 0 aliphatic carbocycles. The molecule has 1 aliphatic rings. The summed E-state index contributed by atoms with van der Waals surface area (Å²) >= 11 is 1.66. The van der Waals surface area contributed by atoms with Crippen LogP contribution in [-0.4, -0.2) is 67.8 Å². The lowest BCUT2D eigenvalue weighted by Crippen LogP contribution is -2.55. The van der Waals surface area contributed by atoms with E-state index < -0.39 is 0 Å². The Labute approximate surface area is 210 Å². The van der Waals surface area contributed by atoms with Gasteiger partial charge in [-0.3, -0.25) is 14.2 Å². The van der Waals surface area contributed by atoms with Crippen LogP contribution in [0.25, 0.3) is 11.6 Å². The van der Waals surface area contributed by atoms with Gasteiger partial charge in [-0.05, 0) is 44.4 Å². The Morgan fingerprint density at radius 2 is 1.89 bits per heavy atom. The molecule has 1 aromatic carbocycles. The van der Waals surface area contributed by atoms with Gasteiger partial charge in [0, 0.05) is 44.4 Å². The van der Waals surface area contributed by atoms with Gasteiger partial charge in [0.2, 0.25) is 11.8 Å². The first-order valence-corrected chi connectivity index (χ1v) is 13.3. The van der Waals surface area contributed by atoms with Gasteiger partial charge in [-0.15, -0.1) is 10.2 Å². The summed E-state index contributed by atoms with van der Waals surface area (Å²) in [5.41, 5.74) is 1.02. The van der Waals surface area contributed by atoms with Crippen LogP contribution in [0.3, 0.4) is 0 Å². The van der Waals surface area contributed by atoms with Crippen LogP contribution in [0.2, 0.25) is 0 Å². The molecule has 0 N–H and O–H groups in total. The molecular weight excluding hydrogens is 462 g/mol. The molecule has 0 spiro atoms. The predicted octanol–water partition coefficient (Wildman–Crippen LogP) is 4.12. The highest BCUT2D eigenvalue weighted by Crippen LogP contribution is 2.25. The van der Waals surface area contributed by atoms with Crippen molar-refractivity contribution in [1.82, 2.24) is 24.6 Å². The fraction of sp³-hybridized carbons (Fsp3) is 0.462. The van der Waals surface area contributed by atoms with Gasteiger partial charge in [0.15, 0.2) is 16.7 Å². The highest BCUT2D eigenvalue weighted by atomic mass is 32.2. The largest absolute Gasteiger partial charge is 0.461 e. The summed E-state index contributed by atoms with van der Waals surface area (Å²) in [4.78, 5) is 29.3. The van der Waals surface area contributed by atoms with Crippen molar-refractivity contribution in [3.05, 3.63) is 54.3 Å². The zero-order valence-corrected chi connectivity index (χ0v) is 21.2. The molecule has 8 nitrogen and oxygen atoms in total. The average Bonchev–Trinajstić information content (AvgIpc) is 3.54. The molecule has 2 aromatic heterocycles. The van der Waals surface area contributed by atoms with Crippen LogP contribution in [-0.2, 0) is 22.6 Å². The molecule has 3 heterocycles. The third kappa shape index (κ3) is 6.33. The van der Waals surface area contributed by atoms with Crippen molar-refractivity contribution in [1.29, 1.82) is 0 Å². The van der Waals surface area contributed by atoms with E-state index >= 15 is 0 Å². The molecule has 9 heteroatoms. The minimum Gasteiger partial charge on any atom is -0.461 e. The van der Waals surface area contributed by atoms with Crippen molar-refractivity contribution in [2.75, 3.05) is 25.4 Å². The first-order chi connectivity index (χ1) is 17.1. The van der Waals surface area contributed by atoms with Gasteiger partial charge in [0.05, 0.1) is 12.7 Å². The Kier molecular flexibility index (Phi) is 8.63. The van der Waals surface area contributed by atoms with Crippen molar-refractivity contribution in [3.8, 4) is 11.6 Å². The van der Waals surface area contributed by atoms with Crippen LogP contribution in [0.5, 0.6) is 0 Å². The fourth-order valence-electron chi connectivity index (χ4n) is 4.40. The maximum atomic E-state index is 12.8. The number of thioether (sulfide) groups is 1. The second-order valence-corrected chi connectivity index (χ2v) is 9.83. The summed E-state index contributed by atoms with van der Waals surface area (Å²) in [6.07, 6.45) is 4.33. The zero-order valence-electron chi connectivity index (χ0n) is 20.4. The number of hydrogen-bond donors (Lipinski definition) is 0. The average molecular weight is 496 g/mol. The number of amides is 2. The molecular formula is C26H33N5O3S. The molecule has 35 heavy (non-hydrogen) atoms. The second-order valence-electron chi connectivity index (χ2n) is 8.77. The summed E-state index contributed by atoms with van der Waals surface area (Å²) in [7, 11) is 0. The van der Waals surface area contributed by atoms with Crippen LogP contribution in [0, 0.1) is 0 Å². The molecule has 3 aromatic rings. The highest BCUT2D eigenvalue weighted by molar-refractivity contribution is 7.99. The monoisotopic (exact) mass is 495 g/mol. The Hall–Kier alpha value is -3.07. The molecule has 1 aliphatic heterocycles. The molecule has 186 valence electrons. The summed E-state index contributed by atoms with van der Waals surface area (Å²) in [6.45, 7) is 6.66. The van der Waals surface area contributed by atoms with E-state index in [1.165, 1.54) is 0 Å². The highest BCUT2D eigenvalue weighted by Gasteiger charge is 2.29. The third-order valence-electron chi connectivity index (χ3n) is 6.29. The van der Waals surface area contributed by atoms with Crippen molar-refractivity contribution < 1.29 is 14.0 Å². The number of rotatable bonds is 10. The quantitative estimate of drug-likeness (QED) is 0.311. The van der Waals surface area contributed by atoms with Crippen molar-refractivity contribution in [2.24, 2.45) is 0 Å². The van der Waals surface area contributed by atoms with Gasteiger partial charge in [0.25, 0.3) is 0 Å². The lowest BCUT2D eigenvalue weighted by Gasteiger charge is -2.40. The Morgan fingerprint density at radius 1 is 1.06 bits per heavy atom. The summed E-state index contributed by atoms with van der Waals surface area (Å²) < 4.78 is 7.51. The number of nitrogens with zero attached hydrogens (tertiary/aromatic N) is 5. The number of benzene rings is 1. The van der Waals surface area contributed by atoms with E-state index in [0.717, 1.165) is 41.7 Å². The Balaban J connectivity index is 1.17. The smallest absolute Gasteiger partial charge is 0.227 e. The minimum absolute atomic E-state index is 0.0308. The normalized spacial score (nSPS) is 16.0. The maximum Gasteiger partial charge on any atom is 0.227 e.